The van der Waals surface area contributed by atoms with Gasteiger partial charge >= 0.3 is 0 Å². The first-order valence-electron chi connectivity index (χ1n) is 9.50. The highest BCUT2D eigenvalue weighted by Gasteiger charge is 2.25. The van der Waals surface area contributed by atoms with Gasteiger partial charge in [-0.05, 0) is 74.6 Å². The second-order valence-corrected chi connectivity index (χ2v) is 7.20. The summed E-state index contributed by atoms with van der Waals surface area (Å²) in [4.78, 5) is 13.0. The van der Waals surface area contributed by atoms with Crippen LogP contribution in [0.2, 0.25) is 0 Å². The minimum Gasteiger partial charge on any atom is -0.506 e. The number of hydrogen-bond donors (Lipinski definition) is 2. The summed E-state index contributed by atoms with van der Waals surface area (Å²) in [6.45, 7) is 1.87. The van der Waals surface area contributed by atoms with Gasteiger partial charge in [0, 0.05) is 11.3 Å². The number of hydrogen-bond acceptors (Lipinski definition) is 3. The maximum atomic E-state index is 13.3. The summed E-state index contributed by atoms with van der Waals surface area (Å²) in [5.41, 5.74) is 4.30. The van der Waals surface area contributed by atoms with Crippen molar-refractivity contribution in [1.82, 2.24) is 9.78 Å². The number of amides is 1. The first-order chi connectivity index (χ1) is 13.5. The van der Waals surface area contributed by atoms with Crippen LogP contribution >= 0.6 is 0 Å². The molecule has 0 unspecified atom stereocenters. The molecule has 4 rings (SSSR count). The van der Waals surface area contributed by atoms with Gasteiger partial charge in [-0.2, -0.15) is 5.10 Å². The van der Waals surface area contributed by atoms with E-state index in [2.05, 4.69) is 10.4 Å². The van der Waals surface area contributed by atoms with Gasteiger partial charge in [0.15, 0.2) is 5.69 Å². The Kier molecular flexibility index (Phi) is 4.86. The summed E-state index contributed by atoms with van der Waals surface area (Å²) in [6, 6.07) is 11.2. The van der Waals surface area contributed by atoms with E-state index in [-0.39, 0.29) is 17.5 Å². The van der Waals surface area contributed by atoms with Crippen LogP contribution in [0.4, 0.5) is 10.1 Å². The van der Waals surface area contributed by atoms with E-state index in [1.807, 2.05) is 13.0 Å². The van der Waals surface area contributed by atoms with Crippen molar-refractivity contribution in [2.24, 2.45) is 0 Å². The average Bonchev–Trinajstić information content (AvgIpc) is 2.86. The number of nitrogens with one attached hydrogen (secondary N) is 1. The van der Waals surface area contributed by atoms with Crippen molar-refractivity contribution in [1.29, 1.82) is 0 Å². The van der Waals surface area contributed by atoms with E-state index >= 15 is 0 Å². The van der Waals surface area contributed by atoms with E-state index in [0.717, 1.165) is 54.6 Å². The number of carbonyl (C=O) groups excluding carboxylic acids is 1. The molecule has 144 valence electrons. The quantitative estimate of drug-likeness (QED) is 0.518. The number of carbonyl (C=O) groups is 1. The van der Waals surface area contributed by atoms with Gasteiger partial charge in [-0.25, -0.2) is 9.07 Å². The fourth-order valence-corrected chi connectivity index (χ4v) is 3.68. The lowest BCUT2D eigenvalue weighted by atomic mass is 10.1. The van der Waals surface area contributed by atoms with E-state index in [0.29, 0.717) is 11.4 Å². The average molecular weight is 379 g/mol. The first-order valence-corrected chi connectivity index (χ1v) is 9.50. The van der Waals surface area contributed by atoms with Crippen LogP contribution < -0.4 is 5.32 Å². The van der Waals surface area contributed by atoms with E-state index < -0.39 is 0 Å². The Labute approximate surface area is 162 Å². The number of phenolic OH excluding ortho intramolecular Hbond substituents is 1. The molecule has 2 aromatic carbocycles. The molecular weight excluding hydrogens is 357 g/mol. The Balaban J connectivity index is 1.74. The summed E-state index contributed by atoms with van der Waals surface area (Å²) in [5.74, 6) is -0.634. The van der Waals surface area contributed by atoms with Crippen LogP contribution in [0, 0.1) is 12.7 Å². The Bertz CT molecular complexity index is 1030. The fraction of sp³-hybridized carbons (Fsp3) is 0.273. The highest BCUT2D eigenvalue weighted by Crippen LogP contribution is 2.29. The Morgan fingerprint density at radius 2 is 1.86 bits per heavy atom. The standard InChI is InChI=1S/C22H22FN3O2/c1-14-7-12-18(20(27)13-14)24-22(28)21-17-5-3-2-4-6-19(17)26(25-21)16-10-8-15(23)9-11-16/h7-13,27H,2-6H2,1H3,(H,24,28). The number of fused-ring (bicyclic) bond motifs is 1. The molecular formula is C22H22FN3O2. The second kappa shape index (κ2) is 7.46. The summed E-state index contributed by atoms with van der Waals surface area (Å²) >= 11 is 0. The predicted octanol–water partition coefficient (Wildman–Crippen LogP) is 4.55. The van der Waals surface area contributed by atoms with E-state index in [1.54, 1.807) is 28.9 Å². The number of aromatic hydroxyl groups is 1. The van der Waals surface area contributed by atoms with Gasteiger partial charge in [0.1, 0.15) is 11.6 Å². The number of aromatic nitrogens is 2. The second-order valence-electron chi connectivity index (χ2n) is 7.20. The highest BCUT2D eigenvalue weighted by molar-refractivity contribution is 6.04. The van der Waals surface area contributed by atoms with Crippen molar-refractivity contribution in [3.05, 3.63) is 70.8 Å². The number of halogens is 1. The van der Waals surface area contributed by atoms with Crippen LogP contribution in [0.1, 0.15) is 46.6 Å². The molecule has 5 nitrogen and oxygen atoms in total. The first kappa shape index (κ1) is 18.2. The van der Waals surface area contributed by atoms with Crippen LogP contribution in [-0.4, -0.2) is 20.8 Å². The molecule has 0 aliphatic heterocycles. The lowest BCUT2D eigenvalue weighted by Gasteiger charge is -2.07. The molecule has 0 spiro atoms. The summed E-state index contributed by atoms with van der Waals surface area (Å²) in [7, 11) is 0. The minimum atomic E-state index is -0.349. The molecule has 1 aromatic heterocycles. The molecule has 0 atom stereocenters. The zero-order valence-electron chi connectivity index (χ0n) is 15.7. The summed E-state index contributed by atoms with van der Waals surface area (Å²) < 4.78 is 15.1. The van der Waals surface area contributed by atoms with Gasteiger partial charge in [0.2, 0.25) is 0 Å². The van der Waals surface area contributed by atoms with E-state index in [4.69, 9.17) is 0 Å². The zero-order chi connectivity index (χ0) is 19.7. The van der Waals surface area contributed by atoms with Crippen molar-refractivity contribution in [2.45, 2.75) is 39.0 Å². The number of anilines is 1. The highest BCUT2D eigenvalue weighted by atomic mass is 19.1. The minimum absolute atomic E-state index is 0.0254. The molecule has 1 aliphatic carbocycles. The van der Waals surface area contributed by atoms with Crippen molar-refractivity contribution < 1.29 is 14.3 Å². The Morgan fingerprint density at radius 1 is 1.11 bits per heavy atom. The molecule has 0 radical (unpaired) electrons. The Morgan fingerprint density at radius 3 is 2.61 bits per heavy atom. The van der Waals surface area contributed by atoms with Gasteiger partial charge in [-0.3, -0.25) is 4.79 Å². The van der Waals surface area contributed by atoms with Crippen LogP contribution in [-0.2, 0) is 12.8 Å². The van der Waals surface area contributed by atoms with Gasteiger partial charge in [-0.15, -0.1) is 0 Å². The van der Waals surface area contributed by atoms with Gasteiger partial charge in [-0.1, -0.05) is 12.5 Å². The number of rotatable bonds is 3. The molecule has 2 N–H and O–H groups in total. The maximum absolute atomic E-state index is 13.3. The molecule has 1 heterocycles. The molecule has 1 aliphatic rings. The number of phenols is 1. The van der Waals surface area contributed by atoms with E-state index in [1.165, 1.54) is 12.1 Å². The fourth-order valence-electron chi connectivity index (χ4n) is 3.68. The molecule has 3 aromatic rings. The van der Waals surface area contributed by atoms with Crippen molar-refractivity contribution in [3.8, 4) is 11.4 Å². The van der Waals surface area contributed by atoms with Gasteiger partial charge < -0.3 is 10.4 Å². The number of nitrogens with zero attached hydrogens (tertiary/aromatic N) is 2. The molecule has 28 heavy (non-hydrogen) atoms. The third-order valence-corrected chi connectivity index (χ3v) is 5.12. The third-order valence-electron chi connectivity index (χ3n) is 5.12. The normalized spacial score (nSPS) is 13.6. The van der Waals surface area contributed by atoms with Crippen LogP contribution in [0.5, 0.6) is 5.75 Å². The zero-order valence-corrected chi connectivity index (χ0v) is 15.7. The van der Waals surface area contributed by atoms with Crippen molar-refractivity contribution in [3.63, 3.8) is 0 Å². The topological polar surface area (TPSA) is 67.2 Å². The molecule has 0 bridgehead atoms. The smallest absolute Gasteiger partial charge is 0.276 e. The molecule has 0 saturated carbocycles. The van der Waals surface area contributed by atoms with Gasteiger partial charge in [0.25, 0.3) is 5.91 Å². The van der Waals surface area contributed by atoms with Crippen molar-refractivity contribution in [2.75, 3.05) is 5.32 Å². The monoisotopic (exact) mass is 379 g/mol. The van der Waals surface area contributed by atoms with Crippen LogP contribution in [0.15, 0.2) is 42.5 Å². The van der Waals surface area contributed by atoms with Crippen LogP contribution in [0.3, 0.4) is 0 Å². The lowest BCUT2D eigenvalue weighted by Crippen LogP contribution is -2.15. The lowest BCUT2D eigenvalue weighted by molar-refractivity contribution is 0.102. The SMILES string of the molecule is Cc1ccc(NC(=O)c2nn(-c3ccc(F)cc3)c3c2CCCCC3)c(O)c1. The molecule has 6 heteroatoms. The van der Waals surface area contributed by atoms with E-state index in [9.17, 15) is 14.3 Å². The van der Waals surface area contributed by atoms with Crippen molar-refractivity contribution >= 4 is 11.6 Å². The number of aryl methyl sites for hydroxylation is 1. The largest absolute Gasteiger partial charge is 0.506 e. The Hall–Kier alpha value is -3.15. The summed E-state index contributed by atoms with van der Waals surface area (Å²) in [5, 5.41) is 17.5. The van der Waals surface area contributed by atoms with Crippen LogP contribution in [0.25, 0.3) is 5.69 Å². The maximum Gasteiger partial charge on any atom is 0.276 e. The molecule has 0 saturated heterocycles. The molecule has 1 amide bonds. The predicted molar refractivity (Wildman–Crippen MR) is 106 cm³/mol. The third kappa shape index (κ3) is 3.50. The molecule has 0 fully saturated rings. The van der Waals surface area contributed by atoms with Gasteiger partial charge in [0.05, 0.1) is 11.4 Å². The summed E-state index contributed by atoms with van der Waals surface area (Å²) in [6.07, 6.45) is 4.72. The number of benzene rings is 2.